The Bertz CT molecular complexity index is 1110. The predicted octanol–water partition coefficient (Wildman–Crippen LogP) is 4.49. The molecule has 0 aliphatic carbocycles. The lowest BCUT2D eigenvalue weighted by Gasteiger charge is -2.47. The molecule has 9 heteroatoms. The van der Waals surface area contributed by atoms with E-state index in [-0.39, 0.29) is 18.1 Å². The fraction of sp³-hybridized carbons (Fsp3) is 0.391. The minimum atomic E-state index is -0.807. The number of hydrogen-bond acceptors (Lipinski definition) is 6. The van der Waals surface area contributed by atoms with E-state index < -0.39 is 18.5 Å². The van der Waals surface area contributed by atoms with Crippen molar-refractivity contribution < 1.29 is 19.3 Å². The van der Waals surface area contributed by atoms with Gasteiger partial charge in [0, 0.05) is 19.5 Å². The quantitative estimate of drug-likeness (QED) is 0.440. The van der Waals surface area contributed by atoms with Crippen molar-refractivity contribution in [3.05, 3.63) is 73.8 Å². The molecule has 5 rings (SSSR count). The van der Waals surface area contributed by atoms with Crippen molar-refractivity contribution in [1.29, 1.82) is 0 Å². The maximum Gasteiger partial charge on any atom is 0.184 e. The molecule has 6 atom stereocenters. The van der Waals surface area contributed by atoms with Crippen molar-refractivity contribution in [2.24, 2.45) is 5.92 Å². The van der Waals surface area contributed by atoms with Crippen LogP contribution in [0.5, 0.6) is 0 Å². The van der Waals surface area contributed by atoms with E-state index in [2.05, 4.69) is 48.6 Å². The predicted molar refractivity (Wildman–Crippen MR) is 129 cm³/mol. The Morgan fingerprint density at radius 1 is 1.16 bits per heavy atom. The fourth-order valence-corrected chi connectivity index (χ4v) is 5.22. The highest BCUT2D eigenvalue weighted by molar-refractivity contribution is 14.1. The topological polar surface area (TPSA) is 78.6 Å². The van der Waals surface area contributed by atoms with Gasteiger partial charge >= 0.3 is 0 Å². The van der Waals surface area contributed by atoms with Gasteiger partial charge in [0.1, 0.15) is 18.0 Å². The SMILES string of the molecule is Cc1nc([C@@H]2OC3COC(c4ccccc4)O[C@@H]3C(C)C2O)n(-c2cc(Br)ccc2I)n1. The van der Waals surface area contributed by atoms with Gasteiger partial charge in [-0.15, -0.1) is 0 Å². The molecule has 2 aromatic carbocycles. The number of benzene rings is 2. The van der Waals surface area contributed by atoms with Crippen molar-refractivity contribution >= 4 is 38.5 Å². The molecule has 4 unspecified atom stereocenters. The molecule has 1 aromatic heterocycles. The molecule has 0 bridgehead atoms. The molecule has 3 aromatic rings. The zero-order chi connectivity index (χ0) is 22.4. The summed E-state index contributed by atoms with van der Waals surface area (Å²) in [5.74, 6) is 1.00. The van der Waals surface area contributed by atoms with Crippen molar-refractivity contribution in [1.82, 2.24) is 14.8 Å². The van der Waals surface area contributed by atoms with Crippen LogP contribution in [-0.4, -0.2) is 44.8 Å². The molecule has 0 saturated carbocycles. The van der Waals surface area contributed by atoms with Crippen LogP contribution in [0.15, 0.2) is 53.0 Å². The highest BCUT2D eigenvalue weighted by Crippen LogP contribution is 2.41. The minimum Gasteiger partial charge on any atom is -0.390 e. The normalized spacial score (nSPS) is 30.2. The Kier molecular flexibility index (Phi) is 6.38. The van der Waals surface area contributed by atoms with Gasteiger partial charge < -0.3 is 19.3 Å². The molecule has 32 heavy (non-hydrogen) atoms. The minimum absolute atomic E-state index is 0.180. The molecule has 0 spiro atoms. The van der Waals surface area contributed by atoms with Gasteiger partial charge in [-0.25, -0.2) is 9.67 Å². The van der Waals surface area contributed by atoms with E-state index in [4.69, 9.17) is 14.2 Å². The number of hydrogen-bond donors (Lipinski definition) is 1. The van der Waals surface area contributed by atoms with E-state index in [9.17, 15) is 5.11 Å². The Morgan fingerprint density at radius 3 is 2.72 bits per heavy atom. The average Bonchev–Trinajstić information content (AvgIpc) is 3.19. The van der Waals surface area contributed by atoms with Crippen molar-refractivity contribution in [2.45, 2.75) is 44.6 Å². The fourth-order valence-electron chi connectivity index (χ4n) is 4.30. The first kappa shape index (κ1) is 22.4. The maximum absolute atomic E-state index is 11.3. The van der Waals surface area contributed by atoms with Gasteiger partial charge in [-0.2, -0.15) is 5.10 Å². The van der Waals surface area contributed by atoms with Crippen LogP contribution >= 0.6 is 38.5 Å². The van der Waals surface area contributed by atoms with Crippen LogP contribution in [0.2, 0.25) is 0 Å². The van der Waals surface area contributed by atoms with Gasteiger partial charge in [-0.05, 0) is 47.7 Å². The number of fused-ring (bicyclic) bond motifs is 1. The largest absolute Gasteiger partial charge is 0.390 e. The van der Waals surface area contributed by atoms with Gasteiger partial charge in [-0.3, -0.25) is 0 Å². The molecular formula is C23H23BrIN3O4. The van der Waals surface area contributed by atoms with Gasteiger partial charge in [0.2, 0.25) is 0 Å². The first-order valence-electron chi connectivity index (χ1n) is 10.5. The summed E-state index contributed by atoms with van der Waals surface area (Å²) in [6.07, 6.45) is -2.53. The van der Waals surface area contributed by atoms with E-state index in [0.717, 1.165) is 19.3 Å². The second kappa shape index (κ2) is 9.11. The number of aryl methyl sites for hydroxylation is 1. The van der Waals surface area contributed by atoms with Crippen LogP contribution in [-0.2, 0) is 14.2 Å². The number of aromatic nitrogens is 3. The lowest BCUT2D eigenvalue weighted by atomic mass is 9.86. The monoisotopic (exact) mass is 611 g/mol. The molecule has 0 amide bonds. The number of aliphatic hydroxyl groups excluding tert-OH is 1. The number of rotatable bonds is 3. The van der Waals surface area contributed by atoms with Gasteiger partial charge in [-0.1, -0.05) is 53.2 Å². The highest BCUT2D eigenvalue weighted by atomic mass is 127. The van der Waals surface area contributed by atoms with Crippen LogP contribution in [0.4, 0.5) is 0 Å². The lowest BCUT2D eigenvalue weighted by Crippen LogP contribution is -2.55. The van der Waals surface area contributed by atoms with Crippen LogP contribution < -0.4 is 0 Å². The summed E-state index contributed by atoms with van der Waals surface area (Å²) in [5, 5.41) is 15.9. The summed E-state index contributed by atoms with van der Waals surface area (Å²) in [6.45, 7) is 4.20. The van der Waals surface area contributed by atoms with Crippen LogP contribution in [0.3, 0.4) is 0 Å². The van der Waals surface area contributed by atoms with Crippen molar-refractivity contribution in [3.8, 4) is 5.69 Å². The van der Waals surface area contributed by atoms with Crippen LogP contribution in [0.1, 0.15) is 36.5 Å². The van der Waals surface area contributed by atoms with Crippen LogP contribution in [0.25, 0.3) is 5.69 Å². The highest BCUT2D eigenvalue weighted by Gasteiger charge is 2.49. The Labute approximate surface area is 208 Å². The van der Waals surface area contributed by atoms with Gasteiger partial charge in [0.15, 0.2) is 12.1 Å². The first-order valence-corrected chi connectivity index (χ1v) is 12.3. The van der Waals surface area contributed by atoms with E-state index in [1.165, 1.54) is 0 Å². The lowest BCUT2D eigenvalue weighted by molar-refractivity contribution is -0.319. The summed E-state index contributed by atoms with van der Waals surface area (Å²) in [6, 6.07) is 15.8. The van der Waals surface area contributed by atoms with E-state index >= 15 is 0 Å². The molecular weight excluding hydrogens is 589 g/mol. The van der Waals surface area contributed by atoms with Crippen molar-refractivity contribution in [2.75, 3.05) is 6.61 Å². The zero-order valence-electron chi connectivity index (χ0n) is 17.6. The summed E-state index contributed by atoms with van der Waals surface area (Å²) < 4.78 is 22.3. The third-order valence-corrected chi connectivity index (χ3v) is 7.35. The Hall–Kier alpha value is -1.37. The summed E-state index contributed by atoms with van der Waals surface area (Å²) in [5.41, 5.74) is 1.83. The smallest absolute Gasteiger partial charge is 0.184 e. The maximum atomic E-state index is 11.3. The number of halogens is 2. The van der Waals surface area contributed by atoms with E-state index in [0.29, 0.717) is 18.3 Å². The summed E-state index contributed by atoms with van der Waals surface area (Å²) >= 11 is 5.81. The third kappa shape index (κ3) is 4.14. The van der Waals surface area contributed by atoms with E-state index in [1.54, 1.807) is 4.68 Å². The second-order valence-corrected chi connectivity index (χ2v) is 10.2. The Morgan fingerprint density at radius 2 is 1.94 bits per heavy atom. The van der Waals surface area contributed by atoms with Gasteiger partial charge in [0.25, 0.3) is 0 Å². The zero-order valence-corrected chi connectivity index (χ0v) is 21.3. The molecule has 3 heterocycles. The molecule has 7 nitrogen and oxygen atoms in total. The standard InChI is InChI=1S/C23H23BrIN3O4/c1-12-19(29)21(22-26-13(2)27-28(22)17-10-15(24)8-9-16(17)25)31-18-11-30-23(32-20(12)18)14-6-4-3-5-7-14/h3-10,12,18-21,23,29H,11H2,1-2H3/t12?,18?,19?,20-,21-,23?/m1/s1. The van der Waals surface area contributed by atoms with Crippen molar-refractivity contribution in [3.63, 3.8) is 0 Å². The number of aliphatic hydroxyl groups is 1. The first-order chi connectivity index (χ1) is 15.4. The molecule has 2 saturated heterocycles. The average molecular weight is 612 g/mol. The van der Waals surface area contributed by atoms with E-state index in [1.807, 2.05) is 62.4 Å². The van der Waals surface area contributed by atoms with Gasteiger partial charge in [0.05, 0.1) is 24.5 Å². The molecule has 168 valence electrons. The number of ether oxygens (including phenoxy) is 3. The molecule has 2 aliphatic heterocycles. The summed E-state index contributed by atoms with van der Waals surface area (Å²) in [4.78, 5) is 4.63. The molecule has 2 aliphatic rings. The third-order valence-electron chi connectivity index (χ3n) is 5.95. The molecule has 2 fully saturated rings. The molecule has 0 radical (unpaired) electrons. The number of nitrogens with zero attached hydrogens (tertiary/aromatic N) is 3. The van der Waals surface area contributed by atoms with Crippen LogP contribution in [0, 0.1) is 16.4 Å². The summed E-state index contributed by atoms with van der Waals surface area (Å²) in [7, 11) is 0. The second-order valence-electron chi connectivity index (χ2n) is 8.15. The molecule has 1 N–H and O–H groups in total. The Balaban J connectivity index is 1.44.